The highest BCUT2D eigenvalue weighted by Gasteiger charge is 2.26. The molecule has 120 heavy (non-hydrogen) atoms. The Kier molecular flexibility index (Phi) is 45.7. The van der Waals surface area contributed by atoms with Gasteiger partial charge in [-0.15, -0.1) is 0 Å². The van der Waals surface area contributed by atoms with E-state index in [0.717, 1.165) is 112 Å². The summed E-state index contributed by atoms with van der Waals surface area (Å²) >= 11 is 25.4. The van der Waals surface area contributed by atoms with Gasteiger partial charge in [0, 0.05) is 24.5 Å². The van der Waals surface area contributed by atoms with Crippen LogP contribution in [0.5, 0.6) is 28.7 Å². The molecule has 0 spiro atoms. The molecule has 645 valence electrons. The van der Waals surface area contributed by atoms with Crippen LogP contribution in [-0.2, 0) is 33.0 Å². The van der Waals surface area contributed by atoms with E-state index in [1.165, 1.54) is 216 Å². The molecule has 0 saturated heterocycles. The fraction of sp³-hybridized carbons (Fsp3) is 0.429. The van der Waals surface area contributed by atoms with E-state index in [2.05, 4.69) is 156 Å². The topological polar surface area (TPSA) is 46.2 Å². The Balaban J connectivity index is 0.000000230. The van der Waals surface area contributed by atoms with Gasteiger partial charge in [-0.05, 0) is 365 Å². The van der Waals surface area contributed by atoms with Gasteiger partial charge in [-0.2, -0.15) is 0 Å². The highest BCUT2D eigenvalue weighted by Crippen LogP contribution is 2.42. The molecule has 15 heteroatoms. The summed E-state index contributed by atoms with van der Waals surface area (Å²) in [6, 6.07) is 83.4. The van der Waals surface area contributed by atoms with Crippen molar-refractivity contribution in [2.75, 3.05) is 0 Å². The molecule has 0 aromatic heterocycles. The van der Waals surface area contributed by atoms with E-state index in [4.69, 9.17) is 86.8 Å². The molecule has 0 N–H and O–H groups in total. The molecule has 5 aliphatic carbocycles. The Morgan fingerprint density at radius 3 is 0.425 bits per heavy atom. The summed E-state index contributed by atoms with van der Waals surface area (Å²) in [5, 5.41) is 0. The normalized spacial score (nSPS) is 20.2. The second-order valence-corrected chi connectivity index (χ2v) is 35.5. The van der Waals surface area contributed by atoms with Crippen LogP contribution in [0.4, 0.5) is 23.5 Å². The molecule has 5 fully saturated rings. The predicted octanol–water partition coefficient (Wildman–Crippen LogP) is 33.3. The van der Waals surface area contributed by atoms with Gasteiger partial charge in [0.2, 0.25) is 0 Å². The van der Waals surface area contributed by atoms with Crippen molar-refractivity contribution in [1.82, 2.24) is 0 Å². The van der Waals surface area contributed by atoms with Gasteiger partial charge in [0.1, 0.15) is 61.8 Å². The molecular formula is C105H130F5O5S5. The molecule has 0 atom stereocenters. The molecule has 5 saturated carbocycles. The Hall–Kier alpha value is -8.05. The molecule has 5 aliphatic rings. The lowest BCUT2D eigenvalue weighted by Gasteiger charge is -2.28. The molecule has 0 unspecified atom stereocenters. The maximum absolute atomic E-state index is 5.81. The smallest absolute Gasteiger partial charge is 0.119 e. The van der Waals surface area contributed by atoms with E-state index in [-0.39, 0.29) is 23.5 Å². The van der Waals surface area contributed by atoms with Crippen molar-refractivity contribution in [3.05, 3.63) is 298 Å². The summed E-state index contributed by atoms with van der Waals surface area (Å²) in [7, 11) is 0. The van der Waals surface area contributed by atoms with Crippen molar-refractivity contribution in [3.8, 4) is 28.7 Å². The van der Waals surface area contributed by atoms with Gasteiger partial charge in [-0.3, -0.25) is 23.5 Å². The van der Waals surface area contributed by atoms with Gasteiger partial charge in [0.05, 0.1) is 0 Å². The van der Waals surface area contributed by atoms with Crippen LogP contribution in [0.15, 0.2) is 267 Å². The van der Waals surface area contributed by atoms with Gasteiger partial charge in [-0.25, -0.2) is 0 Å². The highest BCUT2D eigenvalue weighted by atomic mass is 32.1. The lowest BCUT2D eigenvalue weighted by molar-refractivity contribution is 0.305. The summed E-state index contributed by atoms with van der Waals surface area (Å²) in [4.78, 5) is 4.23. The Morgan fingerprint density at radius 2 is 0.308 bits per heavy atom. The molecule has 0 bridgehead atoms. The monoisotopic (exact) mass is 1730 g/mol. The lowest BCUT2D eigenvalue weighted by atomic mass is 9.78. The van der Waals surface area contributed by atoms with E-state index in [1.54, 1.807) is 0 Å². The number of ether oxygens (including phenoxy) is 5. The summed E-state index contributed by atoms with van der Waals surface area (Å²) < 4.78 is 29.1. The van der Waals surface area contributed by atoms with Crippen molar-refractivity contribution in [1.29, 1.82) is 0 Å². The van der Waals surface area contributed by atoms with Gasteiger partial charge < -0.3 is 23.7 Å². The minimum Gasteiger partial charge on any atom is -0.489 e. The largest absolute Gasteiger partial charge is 0.489 e. The fourth-order valence-electron chi connectivity index (χ4n) is 17.5. The Bertz CT molecular complexity index is 3660. The van der Waals surface area contributed by atoms with E-state index >= 15 is 0 Å². The van der Waals surface area contributed by atoms with Crippen molar-refractivity contribution in [2.45, 2.75) is 282 Å². The maximum atomic E-state index is 5.81. The van der Waals surface area contributed by atoms with Gasteiger partial charge >= 0.3 is 0 Å². The zero-order valence-electron chi connectivity index (χ0n) is 71.2. The highest BCUT2D eigenvalue weighted by molar-refractivity contribution is 7.81. The van der Waals surface area contributed by atoms with Crippen LogP contribution in [0.3, 0.4) is 0 Å². The van der Waals surface area contributed by atoms with Crippen molar-refractivity contribution < 1.29 is 47.2 Å². The van der Waals surface area contributed by atoms with Gasteiger partial charge in [0.15, 0.2) is 0 Å². The quantitative estimate of drug-likeness (QED) is 0.0534. The number of rotatable bonds is 25. The predicted molar refractivity (Wildman–Crippen MR) is 503 cm³/mol. The van der Waals surface area contributed by atoms with Crippen LogP contribution in [0.1, 0.15) is 280 Å². The van der Waals surface area contributed by atoms with Crippen LogP contribution >= 0.6 is 63.1 Å². The second kappa shape index (κ2) is 54.4. The number of hydrogen-bond donors (Lipinski definition) is 0. The molecule has 10 aromatic rings. The standard InChI is InChI=1S/5C21H25OS.5FH/c5*1-2-16-3-7-18(8-4-16)19-9-5-17(6-10-19)15-22-20-11-13-21(23)14-12-20;;;;;/h5*5-6,9-14,16,18H,2-4,7-8,15H2,1H3;5*1H/t5*16-,18-;;;;;. The van der Waals surface area contributed by atoms with Crippen LogP contribution < -0.4 is 23.7 Å². The van der Waals surface area contributed by atoms with Crippen molar-refractivity contribution in [3.63, 3.8) is 0 Å². The van der Waals surface area contributed by atoms with Gasteiger partial charge in [-0.1, -0.05) is 251 Å². The molecule has 0 aliphatic heterocycles. The SMILES string of the molecule is CC[C@H]1CC[C@H](c2ccc(COc3ccc([S])cc3)cc2)CC1.CC[C@H]1CC[C@H](c2ccc(COc3ccc([S])cc3)cc2)CC1.CC[C@H]1CC[C@H](c2ccc(COc3ccc([S])cc3)cc2)CC1.CC[C@H]1CC[C@H](c2ccc(COc3ccc([S])cc3)cc2)CC1.CC[C@H]1CC[C@H](c2ccc(COc3ccc([S])cc3)cc2)CC1.F.F.F.F.F. The summed E-state index contributed by atoms with van der Waals surface area (Å²) in [6.45, 7) is 14.7. The molecule has 0 heterocycles. The fourth-order valence-corrected chi connectivity index (χ4v) is 18.1. The molecular weight excluding hydrogens is 1600 g/mol. The zero-order valence-corrected chi connectivity index (χ0v) is 75.3. The lowest BCUT2D eigenvalue weighted by Crippen LogP contribution is -2.12. The van der Waals surface area contributed by atoms with Gasteiger partial charge in [0.25, 0.3) is 0 Å². The van der Waals surface area contributed by atoms with Crippen LogP contribution in [0.25, 0.3) is 0 Å². The number of benzene rings is 10. The summed E-state index contributed by atoms with van der Waals surface area (Å²) in [5.74, 6) is 13.0. The van der Waals surface area contributed by atoms with E-state index in [1.807, 2.05) is 121 Å². The minimum atomic E-state index is 0. The average Bonchev–Trinajstić information content (AvgIpc) is 0.868. The summed E-state index contributed by atoms with van der Waals surface area (Å²) in [5.41, 5.74) is 13.6. The first kappa shape index (κ1) is 101. The second-order valence-electron chi connectivity index (χ2n) is 33.1. The molecule has 10 aromatic carbocycles. The van der Waals surface area contributed by atoms with Crippen LogP contribution in [-0.4, -0.2) is 0 Å². The third-order valence-electron chi connectivity index (χ3n) is 25.5. The Morgan fingerprint density at radius 1 is 0.183 bits per heavy atom. The number of hydrogen-bond acceptors (Lipinski definition) is 5. The average molecular weight is 1730 g/mol. The molecule has 0 amide bonds. The Labute approximate surface area is 743 Å². The first-order chi connectivity index (χ1) is 56.2. The first-order valence-corrected chi connectivity index (χ1v) is 45.7. The van der Waals surface area contributed by atoms with E-state index in [9.17, 15) is 0 Å². The zero-order chi connectivity index (χ0) is 80.4. The molecule has 5 radical (unpaired) electrons. The van der Waals surface area contributed by atoms with E-state index in [0.29, 0.717) is 33.0 Å². The summed E-state index contributed by atoms with van der Waals surface area (Å²) in [6.07, 6.45) is 34.1. The third kappa shape index (κ3) is 33.6. The maximum Gasteiger partial charge on any atom is 0.119 e. The number of halogens is 5. The molecule has 15 rings (SSSR count). The minimum absolute atomic E-state index is 0. The molecule has 5 nitrogen and oxygen atoms in total. The van der Waals surface area contributed by atoms with Crippen LogP contribution in [0.2, 0.25) is 0 Å². The van der Waals surface area contributed by atoms with Crippen LogP contribution in [0, 0.1) is 29.6 Å². The van der Waals surface area contributed by atoms with E-state index < -0.39 is 0 Å². The van der Waals surface area contributed by atoms with Crippen molar-refractivity contribution >= 4 is 63.1 Å². The third-order valence-corrected chi connectivity index (χ3v) is 26.9. The van der Waals surface area contributed by atoms with Crippen molar-refractivity contribution in [2.24, 2.45) is 29.6 Å². The first-order valence-electron chi connectivity index (χ1n) is 43.7.